The fourth-order valence-electron chi connectivity index (χ4n) is 2.89. The van der Waals surface area contributed by atoms with Crippen molar-refractivity contribution < 1.29 is 13.9 Å². The molecule has 1 aliphatic rings. The molecule has 0 spiro atoms. The zero-order chi connectivity index (χ0) is 16.0. The maximum absolute atomic E-state index is 11.8. The van der Waals surface area contributed by atoms with Crippen molar-refractivity contribution in [2.75, 3.05) is 6.54 Å². The van der Waals surface area contributed by atoms with E-state index in [4.69, 9.17) is 9.15 Å². The molecule has 5 heteroatoms. The summed E-state index contributed by atoms with van der Waals surface area (Å²) in [6.45, 7) is 7.11. The third-order valence-corrected chi connectivity index (χ3v) is 3.97. The Hall–Kier alpha value is -1.49. The molecule has 5 nitrogen and oxygen atoms in total. The summed E-state index contributed by atoms with van der Waals surface area (Å²) in [7, 11) is 0. The second-order valence-corrected chi connectivity index (χ2v) is 7.05. The first-order valence-corrected chi connectivity index (χ1v) is 8.15. The molecule has 0 saturated heterocycles. The van der Waals surface area contributed by atoms with Crippen LogP contribution in [0.4, 0.5) is 4.79 Å². The molecule has 0 aromatic carbocycles. The van der Waals surface area contributed by atoms with Crippen LogP contribution in [0.3, 0.4) is 0 Å². The minimum atomic E-state index is -0.449. The molecule has 2 atom stereocenters. The molecule has 2 unspecified atom stereocenters. The second kappa shape index (κ2) is 7.68. The van der Waals surface area contributed by atoms with Crippen LogP contribution in [0.1, 0.15) is 52.0 Å². The molecule has 1 fully saturated rings. The average molecular weight is 308 g/mol. The minimum Gasteiger partial charge on any atom is -0.472 e. The van der Waals surface area contributed by atoms with Gasteiger partial charge in [-0.05, 0) is 45.6 Å². The zero-order valence-corrected chi connectivity index (χ0v) is 13.9. The van der Waals surface area contributed by atoms with Gasteiger partial charge in [0.25, 0.3) is 0 Å². The largest absolute Gasteiger partial charge is 0.472 e. The Kier molecular flexibility index (Phi) is 5.89. The minimum absolute atomic E-state index is 0.327. The van der Waals surface area contributed by atoms with Gasteiger partial charge in [-0.1, -0.05) is 12.8 Å². The summed E-state index contributed by atoms with van der Waals surface area (Å²) in [5, 5.41) is 6.51. The van der Waals surface area contributed by atoms with Gasteiger partial charge in [0, 0.05) is 24.7 Å². The fraction of sp³-hybridized carbons (Fsp3) is 0.706. The Balaban J connectivity index is 1.78. The Labute approximate surface area is 132 Å². The van der Waals surface area contributed by atoms with Crippen molar-refractivity contribution in [2.45, 2.75) is 64.6 Å². The van der Waals surface area contributed by atoms with Gasteiger partial charge in [0.15, 0.2) is 0 Å². The standard InChI is InChI=1S/C17H28N2O3/c1-17(2,3)22-16(20)19-11-14-6-4-5-7-15(14)18-10-13-8-9-21-12-13/h8-9,12,14-15,18H,4-7,10-11H2,1-3H3,(H,19,20). The number of nitrogens with one attached hydrogen (secondary N) is 2. The maximum Gasteiger partial charge on any atom is 0.407 e. The summed E-state index contributed by atoms with van der Waals surface area (Å²) in [4.78, 5) is 11.8. The van der Waals surface area contributed by atoms with Crippen LogP contribution >= 0.6 is 0 Å². The van der Waals surface area contributed by atoms with E-state index in [9.17, 15) is 4.79 Å². The van der Waals surface area contributed by atoms with Gasteiger partial charge in [-0.2, -0.15) is 0 Å². The molecule has 22 heavy (non-hydrogen) atoms. The lowest BCUT2D eigenvalue weighted by atomic mass is 9.84. The molecule has 1 aromatic heterocycles. The van der Waals surface area contributed by atoms with E-state index < -0.39 is 5.60 Å². The van der Waals surface area contributed by atoms with Crippen LogP contribution in [-0.2, 0) is 11.3 Å². The van der Waals surface area contributed by atoms with Gasteiger partial charge in [0.05, 0.1) is 12.5 Å². The van der Waals surface area contributed by atoms with E-state index in [0.29, 0.717) is 18.5 Å². The Morgan fingerprint density at radius 2 is 2.14 bits per heavy atom. The van der Waals surface area contributed by atoms with Crippen molar-refractivity contribution in [3.63, 3.8) is 0 Å². The lowest BCUT2D eigenvalue weighted by molar-refractivity contribution is 0.0510. The van der Waals surface area contributed by atoms with E-state index in [1.807, 2.05) is 26.8 Å². The molecule has 0 radical (unpaired) electrons. The van der Waals surface area contributed by atoms with Crippen molar-refractivity contribution in [1.82, 2.24) is 10.6 Å². The normalized spacial score (nSPS) is 22.3. The predicted octanol–water partition coefficient (Wildman–Crippen LogP) is 3.45. The van der Waals surface area contributed by atoms with E-state index in [-0.39, 0.29) is 6.09 Å². The molecule has 1 saturated carbocycles. The van der Waals surface area contributed by atoms with Crippen LogP contribution in [0.2, 0.25) is 0 Å². The van der Waals surface area contributed by atoms with Gasteiger partial charge in [-0.15, -0.1) is 0 Å². The summed E-state index contributed by atoms with van der Waals surface area (Å²) >= 11 is 0. The van der Waals surface area contributed by atoms with E-state index >= 15 is 0 Å². The molecule has 1 heterocycles. The van der Waals surface area contributed by atoms with Gasteiger partial charge >= 0.3 is 6.09 Å². The molecule has 1 aromatic rings. The van der Waals surface area contributed by atoms with Crippen LogP contribution in [-0.4, -0.2) is 24.3 Å². The van der Waals surface area contributed by atoms with Crippen molar-refractivity contribution in [2.24, 2.45) is 5.92 Å². The number of hydrogen-bond acceptors (Lipinski definition) is 4. The zero-order valence-electron chi connectivity index (χ0n) is 13.9. The van der Waals surface area contributed by atoms with Crippen LogP contribution < -0.4 is 10.6 Å². The monoisotopic (exact) mass is 308 g/mol. The van der Waals surface area contributed by atoms with Gasteiger partial charge < -0.3 is 19.8 Å². The topological polar surface area (TPSA) is 63.5 Å². The number of alkyl carbamates (subject to hydrolysis) is 1. The number of furan rings is 1. The third kappa shape index (κ3) is 5.72. The molecule has 2 rings (SSSR count). The lowest BCUT2D eigenvalue weighted by Crippen LogP contribution is -2.44. The van der Waals surface area contributed by atoms with Gasteiger partial charge in [-0.3, -0.25) is 0 Å². The Morgan fingerprint density at radius 1 is 1.36 bits per heavy atom. The molecule has 1 amide bonds. The number of carbonyl (C=O) groups is 1. The van der Waals surface area contributed by atoms with Crippen molar-refractivity contribution in [3.8, 4) is 0 Å². The molecule has 124 valence electrons. The molecule has 0 aliphatic heterocycles. The number of ether oxygens (including phenoxy) is 1. The third-order valence-electron chi connectivity index (χ3n) is 3.97. The van der Waals surface area contributed by atoms with Crippen LogP contribution in [0.15, 0.2) is 23.0 Å². The van der Waals surface area contributed by atoms with Gasteiger partial charge in [-0.25, -0.2) is 4.79 Å². The summed E-state index contributed by atoms with van der Waals surface area (Å²) in [6.07, 6.45) is 7.89. The summed E-state index contributed by atoms with van der Waals surface area (Å²) < 4.78 is 10.4. The van der Waals surface area contributed by atoms with E-state index in [1.54, 1.807) is 12.5 Å². The molecular weight excluding hydrogens is 280 g/mol. The highest BCUT2D eigenvalue weighted by atomic mass is 16.6. The molecular formula is C17H28N2O3. The van der Waals surface area contributed by atoms with E-state index in [0.717, 1.165) is 24.9 Å². The molecule has 0 bridgehead atoms. The Bertz CT molecular complexity index is 451. The first-order chi connectivity index (χ1) is 10.4. The van der Waals surface area contributed by atoms with Gasteiger partial charge in [0.1, 0.15) is 5.60 Å². The predicted molar refractivity (Wildman–Crippen MR) is 85.5 cm³/mol. The maximum atomic E-state index is 11.8. The number of amides is 1. The second-order valence-electron chi connectivity index (χ2n) is 7.05. The summed E-state index contributed by atoms with van der Waals surface area (Å²) in [5.74, 6) is 0.452. The first kappa shape index (κ1) is 16.9. The highest BCUT2D eigenvalue weighted by Gasteiger charge is 2.26. The summed E-state index contributed by atoms with van der Waals surface area (Å²) in [6, 6.07) is 2.41. The lowest BCUT2D eigenvalue weighted by Gasteiger charge is -2.32. The van der Waals surface area contributed by atoms with Crippen LogP contribution in [0.5, 0.6) is 0 Å². The summed E-state index contributed by atoms with van der Waals surface area (Å²) in [5.41, 5.74) is 0.708. The first-order valence-electron chi connectivity index (χ1n) is 8.15. The highest BCUT2D eigenvalue weighted by molar-refractivity contribution is 5.67. The SMILES string of the molecule is CC(C)(C)OC(=O)NCC1CCCCC1NCc1ccoc1. The molecule has 1 aliphatic carbocycles. The van der Waals surface area contributed by atoms with Gasteiger partial charge in [0.2, 0.25) is 0 Å². The number of hydrogen-bond donors (Lipinski definition) is 2. The fourth-order valence-corrected chi connectivity index (χ4v) is 2.89. The van der Waals surface area contributed by atoms with Crippen molar-refractivity contribution in [3.05, 3.63) is 24.2 Å². The van der Waals surface area contributed by atoms with Crippen molar-refractivity contribution >= 4 is 6.09 Å². The van der Waals surface area contributed by atoms with Crippen molar-refractivity contribution in [1.29, 1.82) is 0 Å². The Morgan fingerprint density at radius 3 is 2.82 bits per heavy atom. The van der Waals surface area contributed by atoms with E-state index in [2.05, 4.69) is 10.6 Å². The highest BCUT2D eigenvalue weighted by Crippen LogP contribution is 2.24. The molecule has 2 N–H and O–H groups in total. The number of rotatable bonds is 5. The quantitative estimate of drug-likeness (QED) is 0.874. The van der Waals surface area contributed by atoms with Crippen LogP contribution in [0, 0.1) is 5.92 Å². The average Bonchev–Trinajstić information content (AvgIpc) is 2.95. The van der Waals surface area contributed by atoms with E-state index in [1.165, 1.54) is 12.8 Å². The smallest absolute Gasteiger partial charge is 0.407 e. The number of carbonyl (C=O) groups excluding carboxylic acids is 1. The van der Waals surface area contributed by atoms with Crippen LogP contribution in [0.25, 0.3) is 0 Å².